The molecule has 218 valence electrons. The maximum Gasteiger partial charge on any atom is 0.408 e. The Labute approximate surface area is 239 Å². The summed E-state index contributed by atoms with van der Waals surface area (Å²) >= 11 is 0. The zero-order valence-electron chi connectivity index (χ0n) is 22.9. The van der Waals surface area contributed by atoms with Gasteiger partial charge in [0.1, 0.15) is 18.8 Å². The maximum absolute atomic E-state index is 13.2. The highest BCUT2D eigenvalue weighted by atomic mass is 16.6. The fraction of sp³-hybridized carbons (Fsp3) is 0.419. The van der Waals surface area contributed by atoms with Crippen LogP contribution < -0.4 is 10.6 Å². The third-order valence-corrected chi connectivity index (χ3v) is 7.34. The molecular weight excluding hydrogens is 526 g/mol. The van der Waals surface area contributed by atoms with Gasteiger partial charge in [0.15, 0.2) is 0 Å². The van der Waals surface area contributed by atoms with Crippen LogP contribution in [0.3, 0.4) is 0 Å². The normalized spacial score (nSPS) is 23.5. The monoisotopic (exact) mass is 563 g/mol. The van der Waals surface area contributed by atoms with E-state index in [0.29, 0.717) is 12.1 Å². The maximum atomic E-state index is 13.2. The minimum Gasteiger partial charge on any atom is -0.454 e. The van der Waals surface area contributed by atoms with Crippen molar-refractivity contribution in [2.75, 3.05) is 19.7 Å². The third-order valence-electron chi connectivity index (χ3n) is 7.34. The van der Waals surface area contributed by atoms with E-state index in [4.69, 9.17) is 9.47 Å². The number of benzene rings is 2. The van der Waals surface area contributed by atoms with Crippen LogP contribution in [0.4, 0.5) is 4.79 Å². The predicted octanol–water partition coefficient (Wildman–Crippen LogP) is 3.02. The molecule has 2 aromatic rings. The van der Waals surface area contributed by atoms with E-state index in [1.54, 1.807) is 41.3 Å². The first-order chi connectivity index (χ1) is 19.9. The van der Waals surface area contributed by atoms with Crippen molar-refractivity contribution < 1.29 is 33.8 Å². The number of alkyl carbamates (subject to hydrolysis) is 1. The summed E-state index contributed by atoms with van der Waals surface area (Å²) in [4.78, 5) is 53.7. The number of nitrogens with one attached hydrogen (secondary N) is 2. The van der Waals surface area contributed by atoms with Crippen molar-refractivity contribution >= 4 is 23.9 Å². The molecule has 0 aliphatic carbocycles. The first-order valence-corrected chi connectivity index (χ1v) is 14.0. The number of cyclic esters (lactones) is 1. The summed E-state index contributed by atoms with van der Waals surface area (Å²) in [6, 6.07) is 17.0. The Balaban J connectivity index is 1.48. The molecule has 4 rings (SSSR count). The van der Waals surface area contributed by atoms with E-state index < -0.39 is 30.1 Å². The lowest BCUT2D eigenvalue weighted by Crippen LogP contribution is -2.44. The van der Waals surface area contributed by atoms with Crippen LogP contribution in [-0.4, -0.2) is 65.7 Å². The lowest BCUT2D eigenvalue weighted by atomic mass is 9.97. The van der Waals surface area contributed by atoms with Crippen LogP contribution in [0, 0.1) is 5.92 Å². The molecule has 4 atom stereocenters. The smallest absolute Gasteiger partial charge is 0.408 e. The molecule has 0 aromatic heterocycles. The molecule has 0 saturated carbocycles. The second-order valence-electron chi connectivity index (χ2n) is 10.2. The number of allylic oxidation sites excluding steroid dienone is 1. The van der Waals surface area contributed by atoms with Crippen molar-refractivity contribution in [3.05, 3.63) is 83.9 Å². The largest absolute Gasteiger partial charge is 0.454 e. The number of nitrogens with zero attached hydrogens (tertiary/aromatic N) is 1. The Morgan fingerprint density at radius 3 is 2.46 bits per heavy atom. The summed E-state index contributed by atoms with van der Waals surface area (Å²) < 4.78 is 11.1. The second-order valence-corrected chi connectivity index (χ2v) is 10.2. The number of carbonyl (C=O) groups is 4. The quantitative estimate of drug-likeness (QED) is 0.348. The predicted molar refractivity (Wildman–Crippen MR) is 150 cm³/mol. The number of amides is 3. The molecule has 2 heterocycles. The fourth-order valence-corrected chi connectivity index (χ4v) is 5.03. The van der Waals surface area contributed by atoms with Crippen molar-refractivity contribution in [2.45, 2.75) is 56.9 Å². The fourth-order valence-electron chi connectivity index (χ4n) is 5.03. The van der Waals surface area contributed by atoms with Crippen LogP contribution in [0.15, 0.2) is 72.8 Å². The van der Waals surface area contributed by atoms with Crippen molar-refractivity contribution in [2.24, 2.45) is 5.92 Å². The second kappa shape index (κ2) is 15.0. The third kappa shape index (κ3) is 8.65. The molecule has 0 bridgehead atoms. The molecule has 2 aromatic carbocycles. The number of ether oxygens (including phenoxy) is 2. The number of esters is 1. The highest BCUT2D eigenvalue weighted by Gasteiger charge is 2.32. The van der Waals surface area contributed by atoms with Crippen LogP contribution in [0.25, 0.3) is 0 Å². The summed E-state index contributed by atoms with van der Waals surface area (Å²) in [6.45, 7) is 0.507. The molecule has 4 unspecified atom stereocenters. The van der Waals surface area contributed by atoms with Gasteiger partial charge in [0.25, 0.3) is 0 Å². The van der Waals surface area contributed by atoms with E-state index in [9.17, 15) is 24.3 Å². The van der Waals surface area contributed by atoms with E-state index in [1.165, 1.54) is 0 Å². The Morgan fingerprint density at radius 1 is 1.02 bits per heavy atom. The van der Waals surface area contributed by atoms with Gasteiger partial charge >= 0.3 is 12.1 Å². The average Bonchev–Trinajstić information content (AvgIpc) is 3.48. The number of rotatable bonds is 7. The van der Waals surface area contributed by atoms with Crippen molar-refractivity contribution in [1.82, 2.24) is 15.5 Å². The summed E-state index contributed by atoms with van der Waals surface area (Å²) in [5.41, 5.74) is 1.48. The lowest BCUT2D eigenvalue weighted by Gasteiger charge is -2.26. The first-order valence-electron chi connectivity index (χ1n) is 14.0. The highest BCUT2D eigenvalue weighted by Crippen LogP contribution is 2.23. The van der Waals surface area contributed by atoms with Gasteiger partial charge in [0, 0.05) is 13.0 Å². The molecule has 1 fully saturated rings. The van der Waals surface area contributed by atoms with Gasteiger partial charge in [0.2, 0.25) is 11.8 Å². The molecule has 3 N–H and O–H groups in total. The van der Waals surface area contributed by atoms with Gasteiger partial charge in [-0.25, -0.2) is 9.59 Å². The van der Waals surface area contributed by atoms with Gasteiger partial charge in [-0.15, -0.1) is 0 Å². The van der Waals surface area contributed by atoms with Crippen LogP contribution in [0.2, 0.25) is 0 Å². The van der Waals surface area contributed by atoms with E-state index >= 15 is 0 Å². The molecule has 3 amide bonds. The SMILES string of the molecule is O=C(NC1CC=CCC(CC(=O)N2CCCC2CO)C(=O)NCC(c2ccccc2)OC1=O)OCc1ccccc1. The van der Waals surface area contributed by atoms with E-state index in [-0.39, 0.29) is 56.9 Å². The van der Waals surface area contributed by atoms with Crippen molar-refractivity contribution in [3.63, 3.8) is 0 Å². The minimum absolute atomic E-state index is 0.00283. The van der Waals surface area contributed by atoms with Gasteiger partial charge in [0.05, 0.1) is 25.1 Å². The molecule has 2 aliphatic heterocycles. The summed E-state index contributed by atoms with van der Waals surface area (Å²) in [5.74, 6) is -1.80. The van der Waals surface area contributed by atoms with Crippen LogP contribution in [0.5, 0.6) is 0 Å². The van der Waals surface area contributed by atoms with Crippen molar-refractivity contribution in [1.29, 1.82) is 0 Å². The highest BCUT2D eigenvalue weighted by molar-refractivity contribution is 5.86. The molecule has 0 radical (unpaired) electrons. The van der Waals surface area contributed by atoms with E-state index in [0.717, 1.165) is 18.4 Å². The molecular formula is C31H37N3O7. The van der Waals surface area contributed by atoms with E-state index in [2.05, 4.69) is 10.6 Å². The van der Waals surface area contributed by atoms with Crippen LogP contribution >= 0.6 is 0 Å². The Hall–Kier alpha value is -4.18. The first kappa shape index (κ1) is 29.8. The number of carbonyl (C=O) groups excluding carboxylic acids is 4. The number of aliphatic hydroxyl groups excluding tert-OH is 1. The molecule has 1 saturated heterocycles. The standard InChI is InChI=1S/C31H37N3O7/c35-20-25-15-9-17-34(25)28(36)18-24-14-7-8-16-26(33-31(39)40-21-22-10-3-1-4-11-22)30(38)41-27(19-32-29(24)37)23-12-5-2-6-13-23/h1-8,10-13,24-27,35H,9,14-21H2,(H,32,37)(H,33,39). The number of aliphatic hydroxyl groups is 1. The van der Waals surface area contributed by atoms with Gasteiger partial charge in [-0.05, 0) is 36.8 Å². The Bertz CT molecular complexity index is 1200. The van der Waals surface area contributed by atoms with Crippen LogP contribution in [0.1, 0.15) is 49.3 Å². The Kier molecular flexibility index (Phi) is 10.9. The average molecular weight is 564 g/mol. The number of hydrogen-bond acceptors (Lipinski definition) is 7. The van der Waals surface area contributed by atoms with Gasteiger partial charge in [-0.1, -0.05) is 72.8 Å². The summed E-state index contributed by atoms with van der Waals surface area (Å²) in [7, 11) is 0. The van der Waals surface area contributed by atoms with Gasteiger partial charge in [-0.2, -0.15) is 0 Å². The molecule has 10 heteroatoms. The zero-order chi connectivity index (χ0) is 29.0. The van der Waals surface area contributed by atoms with Crippen molar-refractivity contribution in [3.8, 4) is 0 Å². The Morgan fingerprint density at radius 2 is 1.73 bits per heavy atom. The summed E-state index contributed by atoms with van der Waals surface area (Å²) in [5, 5.41) is 15.1. The molecule has 0 spiro atoms. The molecule has 10 nitrogen and oxygen atoms in total. The minimum atomic E-state index is -1.02. The zero-order valence-corrected chi connectivity index (χ0v) is 22.9. The molecule has 2 aliphatic rings. The van der Waals surface area contributed by atoms with Gasteiger partial charge in [-0.3, -0.25) is 9.59 Å². The summed E-state index contributed by atoms with van der Waals surface area (Å²) in [6.07, 6.45) is 3.80. The van der Waals surface area contributed by atoms with Crippen LogP contribution in [-0.2, 0) is 30.5 Å². The molecule has 41 heavy (non-hydrogen) atoms. The topological polar surface area (TPSA) is 134 Å². The lowest BCUT2D eigenvalue weighted by molar-refractivity contribution is -0.152. The number of likely N-dealkylation sites (tertiary alicyclic amines) is 1. The van der Waals surface area contributed by atoms with Gasteiger partial charge < -0.3 is 30.1 Å². The number of hydrogen-bond donors (Lipinski definition) is 3. The van der Waals surface area contributed by atoms with E-state index in [1.807, 2.05) is 36.4 Å².